The Labute approximate surface area is 117 Å². The number of nitrogens with one attached hydrogen (secondary N) is 1. The average molecular weight is 306 g/mol. The number of rotatable bonds is 6. The Morgan fingerprint density at radius 1 is 1.53 bits per heavy atom. The third-order valence-corrected chi connectivity index (χ3v) is 4.60. The summed E-state index contributed by atoms with van der Waals surface area (Å²) in [6, 6.07) is 2.83. The lowest BCUT2D eigenvalue weighted by Gasteiger charge is -2.17. The van der Waals surface area contributed by atoms with Gasteiger partial charge in [0.05, 0.1) is 6.54 Å². The van der Waals surface area contributed by atoms with Crippen LogP contribution in [0.25, 0.3) is 0 Å². The number of sulfonamides is 1. The van der Waals surface area contributed by atoms with E-state index in [1.807, 2.05) is 6.92 Å². The van der Waals surface area contributed by atoms with E-state index in [1.54, 1.807) is 0 Å². The van der Waals surface area contributed by atoms with Crippen molar-refractivity contribution in [2.75, 3.05) is 20.1 Å². The van der Waals surface area contributed by atoms with E-state index in [4.69, 9.17) is 11.6 Å². The fourth-order valence-corrected chi connectivity index (χ4v) is 2.89. The van der Waals surface area contributed by atoms with Gasteiger partial charge in [-0.1, -0.05) is 18.5 Å². The molecule has 1 aromatic rings. The summed E-state index contributed by atoms with van der Waals surface area (Å²) in [6.07, 6.45) is 2.19. The lowest BCUT2D eigenvalue weighted by molar-refractivity contribution is -0.121. The number of likely N-dealkylation sites (N-methyl/N-ethyl adjacent to an activating group) is 1. The van der Waals surface area contributed by atoms with Crippen LogP contribution < -0.4 is 5.32 Å². The molecule has 1 amide bonds. The van der Waals surface area contributed by atoms with Gasteiger partial charge in [-0.2, -0.15) is 4.31 Å². The van der Waals surface area contributed by atoms with E-state index in [0.717, 1.165) is 10.7 Å². The number of hydrogen-bond donors (Lipinski definition) is 1. The molecule has 1 aromatic heterocycles. The second-order valence-corrected chi connectivity index (χ2v) is 6.27. The van der Waals surface area contributed by atoms with Gasteiger partial charge in [0.25, 0.3) is 0 Å². The van der Waals surface area contributed by atoms with Crippen LogP contribution in [0.15, 0.2) is 23.2 Å². The first kappa shape index (κ1) is 15.9. The van der Waals surface area contributed by atoms with Crippen LogP contribution in [-0.2, 0) is 14.8 Å². The summed E-state index contributed by atoms with van der Waals surface area (Å²) in [5.74, 6) is -0.354. The van der Waals surface area contributed by atoms with Crippen molar-refractivity contribution in [1.29, 1.82) is 0 Å². The molecule has 1 rings (SSSR count). The zero-order chi connectivity index (χ0) is 14.5. The predicted molar refractivity (Wildman–Crippen MR) is 72.4 cm³/mol. The van der Waals surface area contributed by atoms with Gasteiger partial charge >= 0.3 is 0 Å². The Hall–Kier alpha value is -1.18. The fourth-order valence-electron chi connectivity index (χ4n) is 1.34. The Balaban J connectivity index is 2.84. The van der Waals surface area contributed by atoms with E-state index in [9.17, 15) is 13.2 Å². The summed E-state index contributed by atoms with van der Waals surface area (Å²) in [5.41, 5.74) is 0. The smallest absolute Gasteiger partial charge is 0.246 e. The van der Waals surface area contributed by atoms with Crippen LogP contribution in [0, 0.1) is 0 Å². The first-order valence-electron chi connectivity index (χ1n) is 5.73. The molecule has 0 unspecified atom stereocenters. The zero-order valence-corrected chi connectivity index (χ0v) is 12.3. The topological polar surface area (TPSA) is 79.4 Å². The van der Waals surface area contributed by atoms with Gasteiger partial charge in [-0.15, -0.1) is 0 Å². The Kier molecular flexibility index (Phi) is 5.71. The van der Waals surface area contributed by atoms with Crippen LogP contribution in [0.1, 0.15) is 13.3 Å². The first-order chi connectivity index (χ1) is 8.89. The molecule has 8 heteroatoms. The lowest BCUT2D eigenvalue weighted by atomic mass is 10.4. The normalized spacial score (nSPS) is 11.6. The van der Waals surface area contributed by atoms with E-state index in [2.05, 4.69) is 10.3 Å². The molecule has 0 aromatic carbocycles. The Bertz CT molecular complexity index is 548. The molecular weight excluding hydrogens is 290 g/mol. The molecule has 0 aliphatic carbocycles. The quantitative estimate of drug-likeness (QED) is 0.791. The molecule has 19 heavy (non-hydrogen) atoms. The van der Waals surface area contributed by atoms with Crippen molar-refractivity contribution in [2.45, 2.75) is 18.2 Å². The van der Waals surface area contributed by atoms with Gasteiger partial charge in [-0.3, -0.25) is 4.79 Å². The van der Waals surface area contributed by atoms with Gasteiger partial charge in [0.15, 0.2) is 0 Å². The summed E-state index contributed by atoms with van der Waals surface area (Å²) in [5, 5.41) is 2.50. The van der Waals surface area contributed by atoms with E-state index in [-0.39, 0.29) is 22.5 Å². The Morgan fingerprint density at radius 3 is 2.79 bits per heavy atom. The molecule has 6 nitrogen and oxygen atoms in total. The van der Waals surface area contributed by atoms with Crippen molar-refractivity contribution in [1.82, 2.24) is 14.6 Å². The van der Waals surface area contributed by atoms with Crippen LogP contribution in [0.3, 0.4) is 0 Å². The molecule has 0 aliphatic heterocycles. The summed E-state index contributed by atoms with van der Waals surface area (Å²) < 4.78 is 25.3. The second kappa shape index (κ2) is 6.83. The third kappa shape index (κ3) is 4.15. The number of amides is 1. The van der Waals surface area contributed by atoms with Crippen molar-refractivity contribution in [3.8, 4) is 0 Å². The van der Waals surface area contributed by atoms with Gasteiger partial charge in [-0.05, 0) is 18.6 Å². The molecular formula is C11H16ClN3O3S. The fraction of sp³-hybridized carbons (Fsp3) is 0.455. The van der Waals surface area contributed by atoms with Crippen LogP contribution in [-0.4, -0.2) is 43.8 Å². The number of carbonyl (C=O) groups excluding carboxylic acids is 1. The maximum atomic E-state index is 12.2. The maximum absolute atomic E-state index is 12.2. The van der Waals surface area contributed by atoms with Gasteiger partial charge < -0.3 is 5.32 Å². The highest BCUT2D eigenvalue weighted by Gasteiger charge is 2.25. The molecule has 0 saturated carbocycles. The van der Waals surface area contributed by atoms with Crippen molar-refractivity contribution >= 4 is 27.5 Å². The van der Waals surface area contributed by atoms with Crippen molar-refractivity contribution in [2.24, 2.45) is 0 Å². The van der Waals surface area contributed by atoms with Gasteiger partial charge in [0.1, 0.15) is 10.0 Å². The van der Waals surface area contributed by atoms with Crippen molar-refractivity contribution in [3.63, 3.8) is 0 Å². The van der Waals surface area contributed by atoms with E-state index < -0.39 is 10.0 Å². The first-order valence-corrected chi connectivity index (χ1v) is 7.55. The van der Waals surface area contributed by atoms with Crippen molar-refractivity contribution in [3.05, 3.63) is 23.5 Å². The number of nitrogens with zero attached hydrogens (tertiary/aromatic N) is 2. The number of aromatic nitrogens is 1. The molecule has 0 saturated heterocycles. The molecule has 1 heterocycles. The van der Waals surface area contributed by atoms with Gasteiger partial charge in [0.2, 0.25) is 15.9 Å². The highest BCUT2D eigenvalue weighted by atomic mass is 35.5. The highest BCUT2D eigenvalue weighted by molar-refractivity contribution is 7.89. The van der Waals surface area contributed by atoms with Crippen LogP contribution in [0.4, 0.5) is 0 Å². The molecule has 0 aliphatic rings. The second-order valence-electron chi connectivity index (χ2n) is 3.90. The summed E-state index contributed by atoms with van der Waals surface area (Å²) >= 11 is 5.76. The molecule has 0 bridgehead atoms. The van der Waals surface area contributed by atoms with Crippen molar-refractivity contribution < 1.29 is 13.2 Å². The highest BCUT2D eigenvalue weighted by Crippen LogP contribution is 2.20. The van der Waals surface area contributed by atoms with E-state index >= 15 is 0 Å². The number of pyridine rings is 1. The van der Waals surface area contributed by atoms with Crippen LogP contribution in [0.2, 0.25) is 5.15 Å². The molecule has 0 atom stereocenters. The molecule has 1 N–H and O–H groups in total. The maximum Gasteiger partial charge on any atom is 0.246 e. The van der Waals surface area contributed by atoms with Crippen LogP contribution >= 0.6 is 11.6 Å². The number of hydrogen-bond acceptors (Lipinski definition) is 4. The standard InChI is InChI=1S/C11H16ClN3O3S/c1-3-6-13-10(16)8-15(2)19(17,18)9-5-4-7-14-11(9)12/h4-5,7H,3,6,8H2,1-2H3,(H,13,16). The molecule has 0 spiro atoms. The van der Waals surface area contributed by atoms with Gasteiger partial charge in [0, 0.05) is 19.8 Å². The third-order valence-electron chi connectivity index (χ3n) is 2.35. The lowest BCUT2D eigenvalue weighted by Crippen LogP contribution is -2.38. The number of carbonyl (C=O) groups is 1. The average Bonchev–Trinajstić information content (AvgIpc) is 2.36. The minimum Gasteiger partial charge on any atom is -0.355 e. The predicted octanol–water partition coefficient (Wildman–Crippen LogP) is 0.882. The SMILES string of the molecule is CCCNC(=O)CN(C)S(=O)(=O)c1cccnc1Cl. The molecule has 0 radical (unpaired) electrons. The minimum absolute atomic E-state index is 0.108. The summed E-state index contributed by atoms with van der Waals surface area (Å²) in [6.45, 7) is 2.17. The monoisotopic (exact) mass is 305 g/mol. The van der Waals surface area contributed by atoms with Gasteiger partial charge in [-0.25, -0.2) is 13.4 Å². The molecule has 0 fully saturated rings. The largest absolute Gasteiger partial charge is 0.355 e. The van der Waals surface area contributed by atoms with E-state index in [1.165, 1.54) is 25.4 Å². The Morgan fingerprint density at radius 2 is 2.21 bits per heavy atom. The summed E-state index contributed by atoms with van der Waals surface area (Å²) in [4.78, 5) is 15.1. The minimum atomic E-state index is -3.81. The van der Waals surface area contributed by atoms with Crippen LogP contribution in [0.5, 0.6) is 0 Å². The number of halogens is 1. The molecule has 106 valence electrons. The summed E-state index contributed by atoms with van der Waals surface area (Å²) in [7, 11) is -2.49. The van der Waals surface area contributed by atoms with E-state index in [0.29, 0.717) is 6.54 Å². The zero-order valence-electron chi connectivity index (χ0n) is 10.8.